The van der Waals surface area contributed by atoms with Crippen molar-refractivity contribution in [3.8, 4) is 0 Å². The smallest absolute Gasteiger partial charge is 0.309 e. The van der Waals surface area contributed by atoms with Crippen molar-refractivity contribution in [1.29, 1.82) is 0 Å². The maximum Gasteiger partial charge on any atom is 0.309 e. The molecule has 3 rings (SSSR count). The molecule has 3 unspecified atom stereocenters. The van der Waals surface area contributed by atoms with Crippen molar-refractivity contribution in [3.63, 3.8) is 0 Å². The molecule has 3 fully saturated rings. The SMILES string of the molecule is O=C(O)C1(C2CC3CCC2C3)CCC1. The summed E-state index contributed by atoms with van der Waals surface area (Å²) in [4.78, 5) is 11.4. The minimum atomic E-state index is -0.499. The number of carboxylic acid groups (broad SMARTS) is 1. The number of rotatable bonds is 2. The van der Waals surface area contributed by atoms with Crippen LogP contribution in [0.1, 0.15) is 44.9 Å². The van der Waals surface area contributed by atoms with Crippen molar-refractivity contribution in [2.24, 2.45) is 23.2 Å². The van der Waals surface area contributed by atoms with Gasteiger partial charge in [-0.05, 0) is 49.9 Å². The molecule has 2 bridgehead atoms. The van der Waals surface area contributed by atoms with Crippen LogP contribution < -0.4 is 0 Å². The van der Waals surface area contributed by atoms with E-state index >= 15 is 0 Å². The maximum atomic E-state index is 11.4. The Kier molecular flexibility index (Phi) is 1.71. The lowest BCUT2D eigenvalue weighted by molar-refractivity contribution is -0.162. The molecule has 14 heavy (non-hydrogen) atoms. The van der Waals surface area contributed by atoms with E-state index in [-0.39, 0.29) is 5.41 Å². The van der Waals surface area contributed by atoms with Crippen LogP contribution in [-0.2, 0) is 4.79 Å². The van der Waals surface area contributed by atoms with Gasteiger partial charge in [0.2, 0.25) is 0 Å². The summed E-state index contributed by atoms with van der Waals surface area (Å²) in [6.45, 7) is 0. The second kappa shape index (κ2) is 2.74. The topological polar surface area (TPSA) is 37.3 Å². The Hall–Kier alpha value is -0.530. The maximum absolute atomic E-state index is 11.4. The second-order valence-electron chi connectivity index (χ2n) is 5.60. The van der Waals surface area contributed by atoms with Gasteiger partial charge in [0.05, 0.1) is 5.41 Å². The van der Waals surface area contributed by atoms with Crippen molar-refractivity contribution in [1.82, 2.24) is 0 Å². The summed E-state index contributed by atoms with van der Waals surface area (Å²) in [5, 5.41) is 9.37. The van der Waals surface area contributed by atoms with E-state index < -0.39 is 5.97 Å². The first-order valence-corrected chi connectivity index (χ1v) is 5.96. The number of hydrogen-bond donors (Lipinski definition) is 1. The highest BCUT2D eigenvalue weighted by Crippen LogP contribution is 2.60. The summed E-state index contributed by atoms with van der Waals surface area (Å²) in [7, 11) is 0. The summed E-state index contributed by atoms with van der Waals surface area (Å²) in [6.07, 6.45) is 8.28. The van der Waals surface area contributed by atoms with Crippen LogP contribution in [0.5, 0.6) is 0 Å². The third-order valence-corrected chi connectivity index (χ3v) is 5.12. The lowest BCUT2D eigenvalue weighted by Crippen LogP contribution is -2.46. The molecular weight excluding hydrogens is 176 g/mol. The van der Waals surface area contributed by atoms with E-state index in [1.54, 1.807) is 0 Å². The predicted octanol–water partition coefficient (Wildman–Crippen LogP) is 2.68. The lowest BCUT2D eigenvalue weighted by atomic mass is 9.57. The molecule has 0 amide bonds. The summed E-state index contributed by atoms with van der Waals surface area (Å²) in [6, 6.07) is 0. The average molecular weight is 194 g/mol. The number of fused-ring (bicyclic) bond motifs is 2. The molecule has 3 aliphatic carbocycles. The number of carboxylic acids is 1. The number of carbonyl (C=O) groups is 1. The Balaban J connectivity index is 1.84. The summed E-state index contributed by atoms with van der Waals surface area (Å²) in [5.41, 5.74) is -0.278. The van der Waals surface area contributed by atoms with Gasteiger partial charge < -0.3 is 5.11 Å². The molecule has 3 atom stereocenters. The van der Waals surface area contributed by atoms with Gasteiger partial charge in [-0.2, -0.15) is 0 Å². The Morgan fingerprint density at radius 1 is 1.21 bits per heavy atom. The zero-order valence-electron chi connectivity index (χ0n) is 8.54. The zero-order chi connectivity index (χ0) is 9.76. The molecule has 3 aliphatic rings. The van der Waals surface area contributed by atoms with E-state index in [1.165, 1.54) is 25.7 Å². The molecule has 0 spiro atoms. The van der Waals surface area contributed by atoms with Crippen molar-refractivity contribution < 1.29 is 9.90 Å². The van der Waals surface area contributed by atoms with E-state index in [9.17, 15) is 9.90 Å². The predicted molar refractivity (Wildman–Crippen MR) is 52.9 cm³/mol. The first-order chi connectivity index (χ1) is 6.72. The fourth-order valence-electron chi connectivity index (χ4n) is 4.22. The Labute approximate surface area is 84.7 Å². The molecular formula is C12H18O2. The van der Waals surface area contributed by atoms with Crippen LogP contribution in [0, 0.1) is 23.2 Å². The number of aliphatic carboxylic acids is 1. The first kappa shape index (κ1) is 8.75. The monoisotopic (exact) mass is 194 g/mol. The molecule has 0 radical (unpaired) electrons. The van der Waals surface area contributed by atoms with Crippen molar-refractivity contribution >= 4 is 5.97 Å². The van der Waals surface area contributed by atoms with Crippen LogP contribution in [0.25, 0.3) is 0 Å². The van der Waals surface area contributed by atoms with Gasteiger partial charge in [0.1, 0.15) is 0 Å². The highest BCUT2D eigenvalue weighted by molar-refractivity contribution is 5.76. The van der Waals surface area contributed by atoms with Gasteiger partial charge in [0, 0.05) is 0 Å². The molecule has 1 N–H and O–H groups in total. The third kappa shape index (κ3) is 0.945. The average Bonchev–Trinajstić information content (AvgIpc) is 2.61. The fourth-order valence-corrected chi connectivity index (χ4v) is 4.22. The van der Waals surface area contributed by atoms with Crippen molar-refractivity contribution in [2.45, 2.75) is 44.9 Å². The Bertz CT molecular complexity index is 267. The van der Waals surface area contributed by atoms with Gasteiger partial charge in [0.15, 0.2) is 0 Å². The Morgan fingerprint density at radius 3 is 2.36 bits per heavy atom. The van der Waals surface area contributed by atoms with Crippen LogP contribution in [-0.4, -0.2) is 11.1 Å². The summed E-state index contributed by atoms with van der Waals surface area (Å²) < 4.78 is 0. The van der Waals surface area contributed by atoms with Gasteiger partial charge in [-0.1, -0.05) is 12.8 Å². The van der Waals surface area contributed by atoms with Gasteiger partial charge in [-0.15, -0.1) is 0 Å². The second-order valence-corrected chi connectivity index (χ2v) is 5.60. The molecule has 78 valence electrons. The molecule has 0 aliphatic heterocycles. The highest BCUT2D eigenvalue weighted by atomic mass is 16.4. The molecule has 3 saturated carbocycles. The van der Waals surface area contributed by atoms with Gasteiger partial charge >= 0.3 is 5.97 Å². The lowest BCUT2D eigenvalue weighted by Gasteiger charge is -2.46. The quantitative estimate of drug-likeness (QED) is 0.733. The van der Waals surface area contributed by atoms with E-state index in [4.69, 9.17) is 0 Å². The van der Waals surface area contributed by atoms with Crippen LogP contribution in [0.15, 0.2) is 0 Å². The molecule has 0 heterocycles. The van der Waals surface area contributed by atoms with E-state index in [0.717, 1.165) is 31.1 Å². The van der Waals surface area contributed by atoms with Crippen LogP contribution >= 0.6 is 0 Å². The zero-order valence-corrected chi connectivity index (χ0v) is 8.54. The molecule has 0 aromatic carbocycles. The first-order valence-electron chi connectivity index (χ1n) is 5.96. The normalized spacial score (nSPS) is 43.6. The van der Waals surface area contributed by atoms with Gasteiger partial charge in [0.25, 0.3) is 0 Å². The summed E-state index contributed by atoms with van der Waals surface area (Å²) in [5.74, 6) is 1.67. The highest BCUT2D eigenvalue weighted by Gasteiger charge is 2.57. The van der Waals surface area contributed by atoms with Crippen molar-refractivity contribution in [3.05, 3.63) is 0 Å². The van der Waals surface area contributed by atoms with Crippen molar-refractivity contribution in [2.75, 3.05) is 0 Å². The summed E-state index contributed by atoms with van der Waals surface area (Å²) >= 11 is 0. The van der Waals surface area contributed by atoms with Gasteiger partial charge in [-0.3, -0.25) is 4.79 Å². The molecule has 0 saturated heterocycles. The molecule has 2 nitrogen and oxygen atoms in total. The molecule has 0 aromatic heterocycles. The molecule has 0 aromatic rings. The van der Waals surface area contributed by atoms with Gasteiger partial charge in [-0.25, -0.2) is 0 Å². The van der Waals surface area contributed by atoms with Crippen LogP contribution in [0.3, 0.4) is 0 Å². The number of hydrogen-bond acceptors (Lipinski definition) is 1. The fraction of sp³-hybridized carbons (Fsp3) is 0.917. The standard InChI is InChI=1S/C12H18O2/c13-11(14)12(4-1-5-12)10-7-8-2-3-9(10)6-8/h8-10H,1-7H2,(H,13,14). The minimum absolute atomic E-state index is 0.278. The van der Waals surface area contributed by atoms with Crippen LogP contribution in [0.2, 0.25) is 0 Å². The van der Waals surface area contributed by atoms with Crippen LogP contribution in [0.4, 0.5) is 0 Å². The van der Waals surface area contributed by atoms with E-state index in [0.29, 0.717) is 5.92 Å². The Morgan fingerprint density at radius 2 is 2.00 bits per heavy atom. The third-order valence-electron chi connectivity index (χ3n) is 5.12. The largest absolute Gasteiger partial charge is 0.481 e. The minimum Gasteiger partial charge on any atom is -0.481 e. The molecule has 2 heteroatoms. The van der Waals surface area contributed by atoms with E-state index in [1.807, 2.05) is 0 Å². The van der Waals surface area contributed by atoms with E-state index in [2.05, 4.69) is 0 Å².